The number of hydrogen-bond donors (Lipinski definition) is 1. The first-order valence-corrected chi connectivity index (χ1v) is 9.17. The number of anilines is 1. The van der Waals surface area contributed by atoms with Crippen LogP contribution in [-0.2, 0) is 22.4 Å². The normalized spacial score (nSPS) is 23.7. The number of thiophene rings is 1. The van der Waals surface area contributed by atoms with E-state index in [-0.39, 0.29) is 17.9 Å². The van der Waals surface area contributed by atoms with E-state index in [1.54, 1.807) is 6.33 Å². The molecule has 2 heterocycles. The molecule has 0 aliphatic heterocycles. The largest absolute Gasteiger partial charge is 0.469 e. The molecule has 1 N–H and O–H groups in total. The van der Waals surface area contributed by atoms with Crippen LogP contribution in [0.2, 0.25) is 0 Å². The Bertz CT molecular complexity index is 743. The quantitative estimate of drug-likeness (QED) is 0.874. The third-order valence-corrected chi connectivity index (χ3v) is 6.26. The molecule has 2 aliphatic rings. The number of hydrogen-bond acceptors (Lipinski definition) is 6. The molecule has 6 heteroatoms. The van der Waals surface area contributed by atoms with Gasteiger partial charge < -0.3 is 10.1 Å². The molecule has 2 aromatic rings. The Hall–Kier alpha value is -1.69. The van der Waals surface area contributed by atoms with Crippen LogP contribution in [0.1, 0.15) is 42.5 Å². The fourth-order valence-electron chi connectivity index (χ4n) is 3.89. The van der Waals surface area contributed by atoms with Crippen LogP contribution in [0.3, 0.4) is 0 Å². The number of nitrogens with zero attached hydrogens (tertiary/aromatic N) is 2. The molecule has 0 amide bonds. The highest BCUT2D eigenvalue weighted by Crippen LogP contribution is 2.39. The van der Waals surface area contributed by atoms with E-state index in [2.05, 4.69) is 15.3 Å². The van der Waals surface area contributed by atoms with Gasteiger partial charge in [0.2, 0.25) is 0 Å². The van der Waals surface area contributed by atoms with Crippen molar-refractivity contribution < 1.29 is 9.53 Å². The van der Waals surface area contributed by atoms with E-state index in [9.17, 15) is 4.79 Å². The summed E-state index contributed by atoms with van der Waals surface area (Å²) in [5.41, 5.74) is 1.45. The highest BCUT2D eigenvalue weighted by atomic mass is 32.1. The average molecular weight is 331 g/mol. The number of carbonyl (C=O) groups is 1. The van der Waals surface area contributed by atoms with Crippen LogP contribution < -0.4 is 5.32 Å². The molecule has 0 unspecified atom stereocenters. The lowest BCUT2D eigenvalue weighted by Gasteiger charge is -2.16. The van der Waals surface area contributed by atoms with E-state index < -0.39 is 0 Å². The second-order valence-electron chi connectivity index (χ2n) is 6.49. The third-order valence-electron chi connectivity index (χ3n) is 5.06. The molecule has 2 aromatic heterocycles. The molecule has 0 saturated heterocycles. The molecule has 2 aliphatic carbocycles. The summed E-state index contributed by atoms with van der Waals surface area (Å²) < 4.78 is 4.87. The number of ether oxygens (including phenoxy) is 1. The third kappa shape index (κ3) is 2.69. The van der Waals surface area contributed by atoms with Gasteiger partial charge in [-0.25, -0.2) is 9.97 Å². The molecule has 0 spiro atoms. The van der Waals surface area contributed by atoms with Crippen LogP contribution in [0.5, 0.6) is 0 Å². The van der Waals surface area contributed by atoms with Gasteiger partial charge in [0, 0.05) is 10.9 Å². The minimum Gasteiger partial charge on any atom is -0.469 e. The Kier molecular flexibility index (Phi) is 3.93. The number of aryl methyl sites for hydroxylation is 2. The molecule has 0 aromatic carbocycles. The second-order valence-corrected chi connectivity index (χ2v) is 7.57. The maximum atomic E-state index is 11.7. The van der Waals surface area contributed by atoms with Crippen LogP contribution in [-0.4, -0.2) is 29.1 Å². The van der Waals surface area contributed by atoms with Gasteiger partial charge in [-0.15, -0.1) is 11.3 Å². The van der Waals surface area contributed by atoms with Gasteiger partial charge in [-0.1, -0.05) is 0 Å². The summed E-state index contributed by atoms with van der Waals surface area (Å²) in [4.78, 5) is 23.3. The number of methoxy groups -OCH3 is 1. The smallest absolute Gasteiger partial charge is 0.308 e. The Morgan fingerprint density at radius 1 is 1.30 bits per heavy atom. The van der Waals surface area contributed by atoms with E-state index in [1.807, 2.05) is 11.3 Å². The molecule has 4 rings (SSSR count). The fraction of sp³-hybridized carbons (Fsp3) is 0.588. The predicted octanol–water partition coefficient (Wildman–Crippen LogP) is 3.32. The molecule has 23 heavy (non-hydrogen) atoms. The van der Waals surface area contributed by atoms with Crippen molar-refractivity contribution in [2.24, 2.45) is 5.92 Å². The summed E-state index contributed by atoms with van der Waals surface area (Å²) in [7, 11) is 1.47. The molecule has 2 atom stereocenters. The first-order valence-electron chi connectivity index (χ1n) is 8.36. The number of carbonyl (C=O) groups excluding carboxylic acids is 1. The standard InChI is InChI=1S/C17H21N3O2S/c1-22-17(21)10-6-7-11(8-10)20-15-14-12-4-2-3-5-13(12)23-16(14)19-9-18-15/h9-11H,2-8H2,1H3,(H,18,19,20)/t10-,11+/m0/s1. The van der Waals surface area contributed by atoms with Gasteiger partial charge in [-0.2, -0.15) is 0 Å². The van der Waals surface area contributed by atoms with Crippen molar-refractivity contribution >= 4 is 33.3 Å². The van der Waals surface area contributed by atoms with Gasteiger partial charge in [-0.05, 0) is 50.5 Å². The first kappa shape index (κ1) is 14.9. The Morgan fingerprint density at radius 3 is 3.04 bits per heavy atom. The van der Waals surface area contributed by atoms with Gasteiger partial charge in [0.25, 0.3) is 0 Å². The molecule has 0 bridgehead atoms. The summed E-state index contributed by atoms with van der Waals surface area (Å²) in [6, 6.07) is 0.288. The van der Waals surface area contributed by atoms with Crippen LogP contribution in [0, 0.1) is 5.92 Å². The molecular weight excluding hydrogens is 310 g/mol. The van der Waals surface area contributed by atoms with E-state index >= 15 is 0 Å². The Balaban J connectivity index is 1.60. The number of nitrogens with one attached hydrogen (secondary N) is 1. The minimum atomic E-state index is -0.0879. The Labute approximate surface area is 139 Å². The summed E-state index contributed by atoms with van der Waals surface area (Å²) in [5, 5.41) is 4.79. The molecule has 1 saturated carbocycles. The summed E-state index contributed by atoms with van der Waals surface area (Å²) in [5.74, 6) is 0.881. The molecule has 1 fully saturated rings. The summed E-state index contributed by atoms with van der Waals surface area (Å²) >= 11 is 1.82. The monoisotopic (exact) mass is 331 g/mol. The zero-order valence-corrected chi connectivity index (χ0v) is 14.1. The van der Waals surface area contributed by atoms with Crippen molar-refractivity contribution in [2.45, 2.75) is 51.0 Å². The van der Waals surface area contributed by atoms with Gasteiger partial charge >= 0.3 is 5.97 Å². The van der Waals surface area contributed by atoms with Crippen molar-refractivity contribution in [1.82, 2.24) is 9.97 Å². The van der Waals surface area contributed by atoms with Crippen LogP contribution in [0.15, 0.2) is 6.33 Å². The van der Waals surface area contributed by atoms with E-state index in [0.717, 1.165) is 36.3 Å². The molecule has 0 radical (unpaired) electrons. The maximum absolute atomic E-state index is 11.7. The van der Waals surface area contributed by atoms with Gasteiger partial charge in [0.05, 0.1) is 18.4 Å². The van der Waals surface area contributed by atoms with Crippen molar-refractivity contribution in [1.29, 1.82) is 0 Å². The van der Waals surface area contributed by atoms with E-state index in [0.29, 0.717) is 0 Å². The Morgan fingerprint density at radius 2 is 2.17 bits per heavy atom. The summed E-state index contributed by atoms with van der Waals surface area (Å²) in [6.07, 6.45) is 9.18. The SMILES string of the molecule is COC(=O)[C@H]1CC[C@@H](Nc2ncnc3sc4c(c23)CCCC4)C1. The second kappa shape index (κ2) is 6.07. The number of aromatic nitrogens is 2. The van der Waals surface area contributed by atoms with Gasteiger partial charge in [0.1, 0.15) is 17.0 Å². The zero-order valence-electron chi connectivity index (χ0n) is 13.3. The van der Waals surface area contributed by atoms with Gasteiger partial charge in [0.15, 0.2) is 0 Å². The van der Waals surface area contributed by atoms with Crippen molar-refractivity contribution in [3.05, 3.63) is 16.8 Å². The number of fused-ring (bicyclic) bond motifs is 3. The topological polar surface area (TPSA) is 64.1 Å². The molecule has 5 nitrogen and oxygen atoms in total. The lowest BCUT2D eigenvalue weighted by molar-refractivity contribution is -0.145. The number of rotatable bonds is 3. The number of esters is 1. The average Bonchev–Trinajstić information content (AvgIpc) is 3.18. The maximum Gasteiger partial charge on any atom is 0.308 e. The van der Waals surface area contributed by atoms with Crippen molar-refractivity contribution in [2.75, 3.05) is 12.4 Å². The van der Waals surface area contributed by atoms with Crippen LogP contribution >= 0.6 is 11.3 Å². The van der Waals surface area contributed by atoms with Crippen molar-refractivity contribution in [3.8, 4) is 0 Å². The van der Waals surface area contributed by atoms with Crippen LogP contribution in [0.4, 0.5) is 5.82 Å². The minimum absolute atomic E-state index is 0.0196. The predicted molar refractivity (Wildman–Crippen MR) is 90.8 cm³/mol. The van der Waals surface area contributed by atoms with Crippen LogP contribution in [0.25, 0.3) is 10.2 Å². The lowest BCUT2D eigenvalue weighted by atomic mass is 9.97. The highest BCUT2D eigenvalue weighted by molar-refractivity contribution is 7.19. The van der Waals surface area contributed by atoms with Crippen molar-refractivity contribution in [3.63, 3.8) is 0 Å². The van der Waals surface area contributed by atoms with E-state index in [4.69, 9.17) is 4.74 Å². The lowest BCUT2D eigenvalue weighted by Crippen LogP contribution is -2.19. The van der Waals surface area contributed by atoms with Gasteiger partial charge in [-0.3, -0.25) is 4.79 Å². The first-order chi connectivity index (χ1) is 11.3. The van der Waals surface area contributed by atoms with E-state index in [1.165, 1.54) is 42.2 Å². The summed E-state index contributed by atoms with van der Waals surface area (Å²) in [6.45, 7) is 0. The fourth-order valence-corrected chi connectivity index (χ4v) is 5.12. The highest BCUT2D eigenvalue weighted by Gasteiger charge is 2.31. The zero-order chi connectivity index (χ0) is 15.8. The molecular formula is C17H21N3O2S. The molecule has 122 valence electrons.